The van der Waals surface area contributed by atoms with Gasteiger partial charge in [-0.15, -0.1) is 0 Å². The third kappa shape index (κ3) is 3.60. The summed E-state index contributed by atoms with van der Waals surface area (Å²) in [6.45, 7) is 4.26. The lowest BCUT2D eigenvalue weighted by atomic mass is 9.73. The zero-order chi connectivity index (χ0) is 19.0. The van der Waals surface area contributed by atoms with Crippen molar-refractivity contribution in [2.75, 3.05) is 26.2 Å². The minimum atomic E-state index is -0.792. The van der Waals surface area contributed by atoms with Gasteiger partial charge in [-0.05, 0) is 30.4 Å². The third-order valence-electron chi connectivity index (χ3n) is 6.54. The van der Waals surface area contributed by atoms with Crippen molar-refractivity contribution in [1.82, 2.24) is 10.2 Å². The van der Waals surface area contributed by atoms with Gasteiger partial charge in [-0.3, -0.25) is 14.5 Å². The first-order valence-electron chi connectivity index (χ1n) is 9.95. The molecule has 146 valence electrons. The second-order valence-electron chi connectivity index (χ2n) is 8.24. The van der Waals surface area contributed by atoms with Gasteiger partial charge in [-0.2, -0.15) is 0 Å². The van der Waals surface area contributed by atoms with E-state index in [1.165, 1.54) is 5.56 Å². The highest BCUT2D eigenvalue weighted by atomic mass is 16.5. The summed E-state index contributed by atoms with van der Waals surface area (Å²) in [5.41, 5.74) is 2.11. The molecule has 1 aromatic rings. The fourth-order valence-corrected chi connectivity index (χ4v) is 5.24. The van der Waals surface area contributed by atoms with E-state index in [9.17, 15) is 9.59 Å². The Morgan fingerprint density at radius 1 is 1.30 bits per heavy atom. The summed E-state index contributed by atoms with van der Waals surface area (Å²) in [5.74, 6) is -0.153. The van der Waals surface area contributed by atoms with Gasteiger partial charge in [0.1, 0.15) is 0 Å². The normalized spacial score (nSPS) is 31.8. The first kappa shape index (κ1) is 18.4. The van der Waals surface area contributed by atoms with E-state index in [1.807, 2.05) is 17.0 Å². The van der Waals surface area contributed by atoms with E-state index in [0.29, 0.717) is 25.4 Å². The van der Waals surface area contributed by atoms with Crippen molar-refractivity contribution in [2.24, 2.45) is 11.8 Å². The summed E-state index contributed by atoms with van der Waals surface area (Å²) >= 11 is 0. The summed E-state index contributed by atoms with van der Waals surface area (Å²) in [4.78, 5) is 25.4. The van der Waals surface area contributed by atoms with Crippen molar-refractivity contribution >= 4 is 11.9 Å². The van der Waals surface area contributed by atoms with Crippen LogP contribution in [0.4, 0.5) is 0 Å². The number of ether oxygens (including phenoxy) is 1. The van der Waals surface area contributed by atoms with Crippen molar-refractivity contribution in [3.05, 3.63) is 35.4 Å². The number of nitrogens with one attached hydrogen (secondary N) is 1. The Balaban J connectivity index is 1.33. The molecular weight excluding hydrogens is 344 g/mol. The van der Waals surface area contributed by atoms with E-state index in [4.69, 9.17) is 9.84 Å². The maximum Gasteiger partial charge on any atom is 0.317 e. The van der Waals surface area contributed by atoms with E-state index in [1.54, 1.807) is 0 Å². The van der Waals surface area contributed by atoms with Gasteiger partial charge < -0.3 is 15.2 Å². The Morgan fingerprint density at radius 2 is 2.04 bits per heavy atom. The summed E-state index contributed by atoms with van der Waals surface area (Å²) < 4.78 is 6.30. The van der Waals surface area contributed by atoms with Crippen molar-refractivity contribution < 1.29 is 19.4 Å². The van der Waals surface area contributed by atoms with Gasteiger partial charge in [-0.1, -0.05) is 31.2 Å². The predicted octanol–water partition coefficient (Wildman–Crippen LogP) is 1.47. The number of carboxylic acid groups (broad SMARTS) is 1. The molecule has 3 aliphatic rings. The molecule has 3 heterocycles. The number of hydrogen-bond acceptors (Lipinski definition) is 4. The number of amides is 1. The number of rotatable bonds is 7. The second-order valence-corrected chi connectivity index (χ2v) is 8.24. The van der Waals surface area contributed by atoms with E-state index >= 15 is 0 Å². The van der Waals surface area contributed by atoms with Gasteiger partial charge in [-0.25, -0.2) is 0 Å². The van der Waals surface area contributed by atoms with Crippen LogP contribution in [0.25, 0.3) is 0 Å². The predicted molar refractivity (Wildman–Crippen MR) is 100 cm³/mol. The number of carbonyl (C=O) groups is 2. The Bertz CT molecular complexity index is 719. The first-order valence-corrected chi connectivity index (χ1v) is 9.95. The average Bonchev–Trinajstić information content (AvgIpc) is 3.28. The summed E-state index contributed by atoms with van der Waals surface area (Å²) in [6.07, 6.45) is 3.61. The Kier molecular flexibility index (Phi) is 4.95. The van der Waals surface area contributed by atoms with Crippen LogP contribution in [-0.2, 0) is 27.2 Å². The first-order chi connectivity index (χ1) is 13.0. The van der Waals surface area contributed by atoms with Gasteiger partial charge >= 0.3 is 5.97 Å². The van der Waals surface area contributed by atoms with Gasteiger partial charge in [0.2, 0.25) is 5.91 Å². The molecule has 1 spiro atoms. The molecule has 2 bridgehead atoms. The van der Waals surface area contributed by atoms with Crippen molar-refractivity contribution in [1.29, 1.82) is 0 Å². The topological polar surface area (TPSA) is 78.9 Å². The molecule has 1 aromatic carbocycles. The fourth-order valence-electron chi connectivity index (χ4n) is 5.24. The van der Waals surface area contributed by atoms with E-state index in [-0.39, 0.29) is 30.1 Å². The zero-order valence-electron chi connectivity index (χ0n) is 15.8. The van der Waals surface area contributed by atoms with Crippen molar-refractivity contribution in [3.63, 3.8) is 0 Å². The number of aryl methyl sites for hydroxylation is 1. The monoisotopic (exact) mass is 372 g/mol. The number of hydrogen-bond donors (Lipinski definition) is 2. The Morgan fingerprint density at radius 3 is 2.74 bits per heavy atom. The number of nitrogens with zero attached hydrogens (tertiary/aromatic N) is 1. The molecule has 0 radical (unpaired) electrons. The Hall–Kier alpha value is -1.92. The van der Waals surface area contributed by atoms with Crippen molar-refractivity contribution in [2.45, 2.75) is 44.3 Å². The maximum absolute atomic E-state index is 12.4. The van der Waals surface area contributed by atoms with Crippen LogP contribution in [0.3, 0.4) is 0 Å². The molecule has 27 heavy (non-hydrogen) atoms. The van der Waals surface area contributed by atoms with Crippen LogP contribution in [0.2, 0.25) is 0 Å². The van der Waals surface area contributed by atoms with Crippen LogP contribution in [0.15, 0.2) is 24.3 Å². The van der Waals surface area contributed by atoms with E-state index < -0.39 is 5.97 Å². The molecule has 1 amide bonds. The van der Waals surface area contributed by atoms with E-state index in [0.717, 1.165) is 31.4 Å². The smallest absolute Gasteiger partial charge is 0.317 e. The van der Waals surface area contributed by atoms with Crippen LogP contribution < -0.4 is 5.32 Å². The summed E-state index contributed by atoms with van der Waals surface area (Å²) in [5, 5.41) is 12.2. The van der Waals surface area contributed by atoms with Crippen LogP contribution in [0.1, 0.15) is 30.9 Å². The van der Waals surface area contributed by atoms with Gasteiger partial charge in [0.05, 0.1) is 24.7 Å². The number of likely N-dealkylation sites (tertiary alicyclic amines) is 1. The van der Waals surface area contributed by atoms with Crippen molar-refractivity contribution in [3.8, 4) is 0 Å². The highest BCUT2D eigenvalue weighted by Crippen LogP contribution is 2.54. The van der Waals surface area contributed by atoms with Crippen LogP contribution >= 0.6 is 0 Å². The van der Waals surface area contributed by atoms with Gasteiger partial charge in [0, 0.05) is 31.5 Å². The maximum atomic E-state index is 12.4. The molecule has 0 aromatic heterocycles. The number of carbonyl (C=O) groups excluding carboxylic acids is 1. The molecular formula is C21H28N2O4. The molecule has 3 aliphatic heterocycles. The van der Waals surface area contributed by atoms with Crippen LogP contribution in [-0.4, -0.2) is 59.8 Å². The lowest BCUT2D eigenvalue weighted by Gasteiger charge is -2.29. The highest BCUT2D eigenvalue weighted by Gasteiger charge is 2.62. The Labute approximate surface area is 159 Å². The molecule has 4 atom stereocenters. The molecule has 0 saturated carbocycles. The van der Waals surface area contributed by atoms with Gasteiger partial charge in [0.25, 0.3) is 0 Å². The third-order valence-corrected chi connectivity index (χ3v) is 6.54. The molecule has 3 saturated heterocycles. The molecule has 3 fully saturated rings. The summed E-state index contributed by atoms with van der Waals surface area (Å²) in [6, 6.07) is 8.20. The molecule has 0 aliphatic carbocycles. The number of carboxylic acids is 1. The standard InChI is InChI=1S/C21H28N2O4/c1-2-14-3-5-15(6-4-14)9-19(24)22-10-16-17-11-23(12-20(25)26)13-21(17)8-7-18(16)27-21/h3-6,16-18H,2,7-13H2,1H3,(H,22,24)(H,25,26)/t16-,17+,18+,21+/m0/s1. The number of aliphatic carboxylic acids is 1. The molecule has 2 N–H and O–H groups in total. The van der Waals surface area contributed by atoms with Crippen LogP contribution in [0.5, 0.6) is 0 Å². The number of fused-ring (bicyclic) bond motifs is 1. The molecule has 4 rings (SSSR count). The fraction of sp³-hybridized carbons (Fsp3) is 0.619. The summed E-state index contributed by atoms with van der Waals surface area (Å²) in [7, 11) is 0. The van der Waals surface area contributed by atoms with E-state index in [2.05, 4.69) is 24.4 Å². The molecule has 6 nitrogen and oxygen atoms in total. The van der Waals surface area contributed by atoms with Gasteiger partial charge in [0.15, 0.2) is 0 Å². The lowest BCUT2D eigenvalue weighted by molar-refractivity contribution is -0.138. The van der Waals surface area contributed by atoms with Crippen LogP contribution in [0, 0.1) is 11.8 Å². The largest absolute Gasteiger partial charge is 0.480 e. The quantitative estimate of drug-likeness (QED) is 0.758. The molecule has 6 heteroatoms. The average molecular weight is 372 g/mol. The lowest BCUT2D eigenvalue weighted by Crippen LogP contribution is -2.42. The minimum absolute atomic E-state index is 0.0384. The second kappa shape index (κ2) is 7.24. The number of benzene rings is 1. The SMILES string of the molecule is CCc1ccc(CC(=O)NC[C@H]2[C@H]3CN(CC(=O)O)C[C@]34CC[C@H]2O4)cc1. The molecule has 0 unspecified atom stereocenters. The highest BCUT2D eigenvalue weighted by molar-refractivity contribution is 5.78. The zero-order valence-corrected chi connectivity index (χ0v) is 15.8. The minimum Gasteiger partial charge on any atom is -0.480 e.